The Morgan fingerprint density at radius 3 is 2.41 bits per heavy atom. The van der Waals surface area contributed by atoms with Crippen molar-refractivity contribution in [2.24, 2.45) is 17.8 Å². The van der Waals surface area contributed by atoms with Crippen molar-refractivity contribution in [1.82, 2.24) is 24.2 Å². The third-order valence-electron chi connectivity index (χ3n) is 9.01. The zero-order valence-electron chi connectivity index (χ0n) is 21.6. The van der Waals surface area contributed by atoms with Crippen LogP contribution in [0.5, 0.6) is 0 Å². The predicted molar refractivity (Wildman–Crippen MR) is 141 cm³/mol. The van der Waals surface area contributed by atoms with Crippen molar-refractivity contribution in [1.29, 1.82) is 0 Å². The molecule has 7 rings (SSSR count). The Morgan fingerprint density at radius 1 is 1.14 bits per heavy atom. The molecule has 0 atom stereocenters. The fraction of sp³-hybridized carbons (Fsp3) is 0.593. The Kier molecular flexibility index (Phi) is 6.01. The number of hydrogen-bond acceptors (Lipinski definition) is 6. The highest BCUT2D eigenvalue weighted by atomic mass is 16.6. The smallest absolute Gasteiger partial charge is 0.309 e. The number of aromatic nitrogens is 4. The van der Waals surface area contributed by atoms with Gasteiger partial charge in [0.2, 0.25) is 11.6 Å². The van der Waals surface area contributed by atoms with Gasteiger partial charge in [-0.1, -0.05) is 26.0 Å². The van der Waals surface area contributed by atoms with E-state index >= 15 is 0 Å². The SMILES string of the molecule is CCN(CC)CCn1c(NC(=O)c2nn(C34CC5CC(CC(C5)C3)C4)cc2[N+](=O)[O-])nc2ccccc21. The second-order valence-corrected chi connectivity index (χ2v) is 11.3. The maximum Gasteiger partial charge on any atom is 0.320 e. The maximum atomic E-state index is 13.5. The molecule has 2 aromatic heterocycles. The van der Waals surface area contributed by atoms with Crippen LogP contribution in [0.3, 0.4) is 0 Å². The lowest BCUT2D eigenvalue weighted by Gasteiger charge is -2.56. The minimum absolute atomic E-state index is 0.136. The molecule has 0 unspecified atom stereocenters. The zero-order chi connectivity index (χ0) is 25.7. The summed E-state index contributed by atoms with van der Waals surface area (Å²) in [6, 6.07) is 7.74. The minimum Gasteiger partial charge on any atom is -0.309 e. The number of likely N-dealkylation sites (N-methyl/N-ethyl adjacent to an activating group) is 1. The third-order valence-corrected chi connectivity index (χ3v) is 9.01. The molecule has 4 aliphatic carbocycles. The second kappa shape index (κ2) is 9.24. The Labute approximate surface area is 216 Å². The number of amides is 1. The quantitative estimate of drug-likeness (QED) is 0.334. The van der Waals surface area contributed by atoms with Crippen LogP contribution >= 0.6 is 0 Å². The number of nitrogens with zero attached hydrogens (tertiary/aromatic N) is 6. The van der Waals surface area contributed by atoms with Gasteiger partial charge in [0.05, 0.1) is 21.5 Å². The first kappa shape index (κ1) is 24.1. The normalized spacial score (nSPS) is 26.3. The molecule has 37 heavy (non-hydrogen) atoms. The first-order chi connectivity index (χ1) is 17.9. The molecule has 4 aliphatic rings. The van der Waals surface area contributed by atoms with Crippen molar-refractivity contribution >= 4 is 28.6 Å². The van der Waals surface area contributed by atoms with E-state index in [0.717, 1.165) is 49.9 Å². The number of para-hydroxylation sites is 2. The van der Waals surface area contributed by atoms with E-state index in [0.29, 0.717) is 30.2 Å². The van der Waals surface area contributed by atoms with Gasteiger partial charge in [0.25, 0.3) is 5.91 Å². The molecule has 10 heteroatoms. The number of imidazole rings is 1. The highest BCUT2D eigenvalue weighted by Gasteiger charge is 2.53. The molecule has 4 bridgehead atoms. The van der Waals surface area contributed by atoms with Gasteiger partial charge < -0.3 is 9.47 Å². The van der Waals surface area contributed by atoms with E-state index in [1.165, 1.54) is 25.5 Å². The molecule has 1 N–H and O–H groups in total. The number of carbonyl (C=O) groups is 1. The first-order valence-corrected chi connectivity index (χ1v) is 13.6. The van der Waals surface area contributed by atoms with Gasteiger partial charge in [-0.15, -0.1) is 0 Å². The van der Waals surface area contributed by atoms with E-state index in [2.05, 4.69) is 34.1 Å². The van der Waals surface area contributed by atoms with Crippen LogP contribution in [-0.4, -0.2) is 54.7 Å². The van der Waals surface area contributed by atoms with Gasteiger partial charge in [0.1, 0.15) is 6.20 Å². The Morgan fingerprint density at radius 2 is 1.78 bits per heavy atom. The summed E-state index contributed by atoms with van der Waals surface area (Å²) in [5.74, 6) is 1.79. The summed E-state index contributed by atoms with van der Waals surface area (Å²) < 4.78 is 3.77. The summed E-state index contributed by atoms with van der Waals surface area (Å²) >= 11 is 0. The standard InChI is InChI=1S/C27H35N7O3/c1-3-31(4-2)9-10-32-22-8-6-5-7-21(22)28-26(32)29-25(35)24-23(34(36)37)17-33(30-24)27-14-18-11-19(15-27)13-20(12-18)16-27/h5-8,17-20H,3-4,9-16H2,1-2H3,(H,28,29,35). The van der Waals surface area contributed by atoms with E-state index in [9.17, 15) is 14.9 Å². The van der Waals surface area contributed by atoms with Gasteiger partial charge in [0, 0.05) is 13.1 Å². The number of nitro groups is 1. The van der Waals surface area contributed by atoms with E-state index < -0.39 is 10.8 Å². The van der Waals surface area contributed by atoms with E-state index in [1.807, 2.05) is 28.8 Å². The Bertz CT molecular complexity index is 1300. The van der Waals surface area contributed by atoms with Gasteiger partial charge in [-0.3, -0.25) is 24.9 Å². The molecule has 4 saturated carbocycles. The molecule has 4 fully saturated rings. The van der Waals surface area contributed by atoms with Crippen molar-refractivity contribution < 1.29 is 9.72 Å². The average Bonchev–Trinajstić information content (AvgIpc) is 3.47. The molecular weight excluding hydrogens is 470 g/mol. The predicted octanol–water partition coefficient (Wildman–Crippen LogP) is 4.66. The summed E-state index contributed by atoms with van der Waals surface area (Å²) in [5, 5.41) is 19.5. The van der Waals surface area contributed by atoms with Crippen LogP contribution in [0.15, 0.2) is 30.5 Å². The molecule has 0 saturated heterocycles. The summed E-state index contributed by atoms with van der Waals surface area (Å²) in [6.07, 6.45) is 8.30. The van der Waals surface area contributed by atoms with Crippen molar-refractivity contribution in [3.05, 3.63) is 46.3 Å². The van der Waals surface area contributed by atoms with E-state index in [-0.39, 0.29) is 16.9 Å². The molecule has 196 valence electrons. The number of fused-ring (bicyclic) bond motifs is 1. The van der Waals surface area contributed by atoms with Crippen LogP contribution in [-0.2, 0) is 12.1 Å². The lowest BCUT2D eigenvalue weighted by atomic mass is 9.53. The number of hydrogen-bond donors (Lipinski definition) is 1. The monoisotopic (exact) mass is 505 g/mol. The fourth-order valence-electron chi connectivity index (χ4n) is 7.59. The third kappa shape index (κ3) is 4.21. The van der Waals surface area contributed by atoms with Crippen LogP contribution in [0.1, 0.15) is 62.9 Å². The van der Waals surface area contributed by atoms with E-state index in [4.69, 9.17) is 0 Å². The van der Waals surface area contributed by atoms with Crippen LogP contribution in [0, 0.1) is 27.9 Å². The average molecular weight is 506 g/mol. The highest BCUT2D eigenvalue weighted by Crippen LogP contribution is 2.58. The molecule has 2 heterocycles. The van der Waals surface area contributed by atoms with Gasteiger partial charge in [-0.05, 0) is 81.5 Å². The van der Waals surface area contributed by atoms with Crippen molar-refractivity contribution in [3.63, 3.8) is 0 Å². The summed E-state index contributed by atoms with van der Waals surface area (Å²) in [5.41, 5.74) is 1.11. The van der Waals surface area contributed by atoms with Crippen LogP contribution in [0.4, 0.5) is 11.6 Å². The largest absolute Gasteiger partial charge is 0.320 e. The number of nitrogens with one attached hydrogen (secondary N) is 1. The van der Waals surface area contributed by atoms with E-state index in [1.54, 1.807) is 4.68 Å². The van der Waals surface area contributed by atoms with Crippen molar-refractivity contribution in [2.45, 2.75) is 64.5 Å². The second-order valence-electron chi connectivity index (χ2n) is 11.3. The zero-order valence-corrected chi connectivity index (χ0v) is 21.6. The summed E-state index contributed by atoms with van der Waals surface area (Å²) in [4.78, 5) is 32.0. The lowest BCUT2D eigenvalue weighted by molar-refractivity contribution is -0.385. The van der Waals surface area contributed by atoms with Gasteiger partial charge in [0.15, 0.2) is 0 Å². The Hall–Kier alpha value is -3.27. The van der Waals surface area contributed by atoms with Gasteiger partial charge in [-0.2, -0.15) is 5.10 Å². The highest BCUT2D eigenvalue weighted by molar-refractivity contribution is 6.05. The molecule has 1 aromatic carbocycles. The number of benzene rings is 1. The van der Waals surface area contributed by atoms with Crippen LogP contribution < -0.4 is 5.32 Å². The number of anilines is 1. The molecular formula is C27H35N7O3. The first-order valence-electron chi connectivity index (χ1n) is 13.6. The summed E-state index contributed by atoms with van der Waals surface area (Å²) in [7, 11) is 0. The Balaban J connectivity index is 1.31. The van der Waals surface area contributed by atoms with Gasteiger partial charge >= 0.3 is 5.69 Å². The number of rotatable bonds is 9. The summed E-state index contributed by atoms with van der Waals surface area (Å²) in [6.45, 7) is 7.55. The molecule has 0 aliphatic heterocycles. The van der Waals surface area contributed by atoms with Gasteiger partial charge in [-0.25, -0.2) is 4.98 Å². The minimum atomic E-state index is -0.588. The molecule has 0 spiro atoms. The van der Waals surface area contributed by atoms with Crippen molar-refractivity contribution in [3.8, 4) is 0 Å². The maximum absolute atomic E-state index is 13.5. The fourth-order valence-corrected chi connectivity index (χ4v) is 7.59. The molecule has 0 radical (unpaired) electrons. The topological polar surface area (TPSA) is 111 Å². The van der Waals surface area contributed by atoms with Crippen LogP contribution in [0.2, 0.25) is 0 Å². The molecule has 10 nitrogen and oxygen atoms in total. The van der Waals surface area contributed by atoms with Crippen molar-refractivity contribution in [2.75, 3.05) is 25.0 Å². The van der Waals surface area contributed by atoms with Crippen LogP contribution in [0.25, 0.3) is 11.0 Å². The number of carbonyl (C=O) groups excluding carboxylic acids is 1. The molecule has 3 aromatic rings. The lowest BCUT2D eigenvalue weighted by Crippen LogP contribution is -2.52. The molecule has 1 amide bonds.